The first kappa shape index (κ1) is 19.0. The Balaban J connectivity index is 0.00000264. The van der Waals surface area contributed by atoms with E-state index in [1.807, 2.05) is 7.05 Å². The molecule has 1 aromatic heterocycles. The van der Waals surface area contributed by atoms with E-state index in [9.17, 15) is 14.9 Å². The van der Waals surface area contributed by atoms with E-state index in [-0.39, 0.29) is 24.0 Å². The number of nitrogens with zero attached hydrogens (tertiary/aromatic N) is 2. The first-order chi connectivity index (χ1) is 10.6. The molecule has 0 saturated heterocycles. The molecule has 0 fully saturated rings. The zero-order chi connectivity index (χ0) is 15.9. The summed E-state index contributed by atoms with van der Waals surface area (Å²) in [5, 5.41) is 18.8. The molecule has 0 aliphatic carbocycles. The lowest BCUT2D eigenvalue weighted by Gasteiger charge is -2.02. The van der Waals surface area contributed by atoms with Crippen LogP contribution in [0.5, 0.6) is 0 Å². The highest BCUT2D eigenvalue weighted by Crippen LogP contribution is 2.26. The molecule has 0 spiro atoms. The average molecular weight is 357 g/mol. The van der Waals surface area contributed by atoms with E-state index >= 15 is 0 Å². The Morgan fingerprint density at radius 3 is 2.87 bits per heavy atom. The Morgan fingerprint density at radius 2 is 2.17 bits per heavy atom. The lowest BCUT2D eigenvalue weighted by molar-refractivity contribution is -0.384. The van der Waals surface area contributed by atoms with E-state index in [2.05, 4.69) is 15.6 Å². The van der Waals surface area contributed by atoms with Crippen LogP contribution in [0.15, 0.2) is 29.6 Å². The number of benzene rings is 1. The van der Waals surface area contributed by atoms with E-state index < -0.39 is 4.92 Å². The van der Waals surface area contributed by atoms with Gasteiger partial charge in [-0.25, -0.2) is 4.98 Å². The summed E-state index contributed by atoms with van der Waals surface area (Å²) in [6.45, 7) is 1.40. The molecule has 0 aliphatic rings. The van der Waals surface area contributed by atoms with Crippen LogP contribution in [-0.4, -0.2) is 36.0 Å². The fourth-order valence-electron chi connectivity index (χ4n) is 1.82. The monoisotopic (exact) mass is 356 g/mol. The minimum absolute atomic E-state index is 0. The van der Waals surface area contributed by atoms with Crippen LogP contribution in [0.3, 0.4) is 0 Å². The first-order valence-corrected chi connectivity index (χ1v) is 7.63. The van der Waals surface area contributed by atoms with Gasteiger partial charge in [0.15, 0.2) is 0 Å². The van der Waals surface area contributed by atoms with Crippen LogP contribution in [0.4, 0.5) is 5.69 Å². The quantitative estimate of drug-likeness (QED) is 0.451. The van der Waals surface area contributed by atoms with Crippen molar-refractivity contribution in [2.75, 3.05) is 20.1 Å². The molecule has 0 saturated carbocycles. The minimum atomic E-state index is -0.452. The molecule has 0 radical (unpaired) electrons. The molecular weight excluding hydrogens is 340 g/mol. The number of aromatic nitrogens is 1. The number of nitro benzene ring substituents is 1. The van der Waals surface area contributed by atoms with Gasteiger partial charge in [-0.05, 0) is 20.0 Å². The molecule has 0 aliphatic heterocycles. The normalized spacial score (nSPS) is 9.96. The summed E-state index contributed by atoms with van der Waals surface area (Å²) < 4.78 is 0. The highest BCUT2D eigenvalue weighted by molar-refractivity contribution is 7.13. The molecule has 0 bridgehead atoms. The second-order valence-electron chi connectivity index (χ2n) is 4.56. The van der Waals surface area contributed by atoms with E-state index in [0.29, 0.717) is 22.8 Å². The van der Waals surface area contributed by atoms with Crippen molar-refractivity contribution in [3.63, 3.8) is 0 Å². The second-order valence-corrected chi connectivity index (χ2v) is 5.42. The van der Waals surface area contributed by atoms with Crippen LogP contribution < -0.4 is 10.6 Å². The highest BCUT2D eigenvalue weighted by atomic mass is 35.5. The van der Waals surface area contributed by atoms with Gasteiger partial charge < -0.3 is 10.6 Å². The Kier molecular flexibility index (Phi) is 7.60. The second kappa shape index (κ2) is 9.19. The number of rotatable bonds is 7. The van der Waals surface area contributed by atoms with Crippen molar-refractivity contribution in [3.8, 4) is 10.6 Å². The predicted molar refractivity (Wildman–Crippen MR) is 92.3 cm³/mol. The van der Waals surface area contributed by atoms with Gasteiger partial charge in [0.05, 0.1) is 4.92 Å². The fourth-order valence-corrected chi connectivity index (χ4v) is 2.62. The van der Waals surface area contributed by atoms with Gasteiger partial charge in [0, 0.05) is 29.6 Å². The number of nitrogens with one attached hydrogen (secondary N) is 2. The van der Waals surface area contributed by atoms with E-state index in [4.69, 9.17) is 0 Å². The zero-order valence-electron chi connectivity index (χ0n) is 12.4. The smallest absolute Gasteiger partial charge is 0.270 e. The highest BCUT2D eigenvalue weighted by Gasteiger charge is 2.13. The Morgan fingerprint density at radius 1 is 1.39 bits per heavy atom. The van der Waals surface area contributed by atoms with Gasteiger partial charge >= 0.3 is 0 Å². The summed E-state index contributed by atoms with van der Waals surface area (Å²) in [7, 11) is 1.85. The molecule has 0 unspecified atom stereocenters. The molecule has 1 heterocycles. The maximum Gasteiger partial charge on any atom is 0.270 e. The average Bonchev–Trinajstić information content (AvgIpc) is 3.01. The molecular formula is C14H17ClN4O3S. The van der Waals surface area contributed by atoms with Crippen LogP contribution >= 0.6 is 23.7 Å². The summed E-state index contributed by atoms with van der Waals surface area (Å²) in [4.78, 5) is 26.5. The van der Waals surface area contributed by atoms with Crippen molar-refractivity contribution < 1.29 is 9.72 Å². The summed E-state index contributed by atoms with van der Waals surface area (Å²) in [5.41, 5.74) is 0.968. The van der Waals surface area contributed by atoms with Crippen LogP contribution in [0.2, 0.25) is 0 Å². The third-order valence-corrected chi connectivity index (χ3v) is 3.82. The first-order valence-electron chi connectivity index (χ1n) is 6.75. The minimum Gasteiger partial charge on any atom is -0.351 e. The van der Waals surface area contributed by atoms with Crippen molar-refractivity contribution in [3.05, 3.63) is 45.5 Å². The van der Waals surface area contributed by atoms with Crippen LogP contribution in [0.25, 0.3) is 10.6 Å². The number of carbonyl (C=O) groups is 1. The van der Waals surface area contributed by atoms with Gasteiger partial charge in [0.1, 0.15) is 10.7 Å². The predicted octanol–water partition coefficient (Wildman–Crippen LogP) is 2.48. The molecule has 1 aromatic carbocycles. The molecule has 9 heteroatoms. The van der Waals surface area contributed by atoms with E-state index in [1.165, 1.54) is 23.5 Å². The van der Waals surface area contributed by atoms with Gasteiger partial charge in [0.2, 0.25) is 0 Å². The third-order valence-electron chi connectivity index (χ3n) is 2.93. The lowest BCUT2D eigenvalue weighted by atomic mass is 10.2. The van der Waals surface area contributed by atoms with Crippen LogP contribution in [-0.2, 0) is 0 Å². The molecule has 124 valence electrons. The van der Waals surface area contributed by atoms with Gasteiger partial charge in [-0.15, -0.1) is 23.7 Å². The van der Waals surface area contributed by atoms with Crippen molar-refractivity contribution in [1.29, 1.82) is 0 Å². The van der Waals surface area contributed by atoms with Gasteiger partial charge in [-0.2, -0.15) is 0 Å². The van der Waals surface area contributed by atoms with Crippen molar-refractivity contribution in [2.45, 2.75) is 6.42 Å². The number of carbonyl (C=O) groups excluding carboxylic acids is 1. The molecule has 0 atom stereocenters. The lowest BCUT2D eigenvalue weighted by Crippen LogP contribution is -2.26. The van der Waals surface area contributed by atoms with Gasteiger partial charge in [0.25, 0.3) is 11.6 Å². The maximum absolute atomic E-state index is 11.9. The van der Waals surface area contributed by atoms with Gasteiger partial charge in [-0.1, -0.05) is 12.1 Å². The number of amides is 1. The summed E-state index contributed by atoms with van der Waals surface area (Å²) in [5.74, 6) is -0.232. The van der Waals surface area contributed by atoms with Crippen LogP contribution in [0, 0.1) is 10.1 Å². The van der Waals surface area contributed by atoms with Crippen molar-refractivity contribution >= 4 is 35.3 Å². The summed E-state index contributed by atoms with van der Waals surface area (Å²) in [6, 6.07) is 6.22. The van der Waals surface area contributed by atoms with E-state index in [0.717, 1.165) is 13.0 Å². The molecule has 23 heavy (non-hydrogen) atoms. The Labute approximate surface area is 143 Å². The molecule has 1 amide bonds. The van der Waals surface area contributed by atoms with Crippen molar-refractivity contribution in [1.82, 2.24) is 15.6 Å². The van der Waals surface area contributed by atoms with Gasteiger partial charge in [-0.3, -0.25) is 14.9 Å². The number of nitro groups is 1. The fraction of sp³-hybridized carbons (Fsp3) is 0.286. The number of thiazole rings is 1. The Bertz CT molecular complexity index is 678. The SMILES string of the molecule is CNCCCNC(=O)c1csc(-c2cccc([N+](=O)[O-])c2)n1.Cl. The topological polar surface area (TPSA) is 97.2 Å². The van der Waals surface area contributed by atoms with Crippen LogP contribution in [0.1, 0.15) is 16.9 Å². The molecule has 7 nitrogen and oxygen atoms in total. The number of hydrogen-bond donors (Lipinski definition) is 2. The summed E-state index contributed by atoms with van der Waals surface area (Å²) in [6.07, 6.45) is 0.837. The molecule has 2 N–H and O–H groups in total. The largest absolute Gasteiger partial charge is 0.351 e. The maximum atomic E-state index is 11.9. The molecule has 2 rings (SSSR count). The van der Waals surface area contributed by atoms with Crippen molar-refractivity contribution in [2.24, 2.45) is 0 Å². The standard InChI is InChI=1S/C14H16N4O3S.ClH/c1-15-6-3-7-16-13(19)12-9-22-14(17-12)10-4-2-5-11(8-10)18(20)21;/h2,4-5,8-9,15H,3,6-7H2,1H3,(H,16,19);1H. The number of non-ortho nitro benzene ring substituents is 1. The third kappa shape index (κ3) is 5.27. The zero-order valence-corrected chi connectivity index (χ0v) is 14.1. The summed E-state index contributed by atoms with van der Waals surface area (Å²) >= 11 is 1.29. The number of hydrogen-bond acceptors (Lipinski definition) is 6. The van der Waals surface area contributed by atoms with E-state index in [1.54, 1.807) is 17.5 Å². The molecule has 2 aromatic rings. The number of halogens is 1. The Hall–Kier alpha value is -2.03.